The number of hydrogen-bond donors (Lipinski definition) is 1. The molecule has 2 nitrogen and oxygen atoms in total. The van der Waals surface area contributed by atoms with E-state index in [9.17, 15) is 4.79 Å². The Kier molecular flexibility index (Phi) is 3.74. The smallest absolute Gasteiger partial charge is 0.382 e. The van der Waals surface area contributed by atoms with Crippen molar-refractivity contribution in [2.24, 2.45) is 0 Å². The van der Waals surface area contributed by atoms with Gasteiger partial charge in [-0.05, 0) is 16.7 Å². The highest BCUT2D eigenvalue weighted by atomic mass is 79.9. The predicted molar refractivity (Wildman–Crippen MR) is 32.1 cm³/mol. The van der Waals surface area contributed by atoms with Crippen molar-refractivity contribution in [3.63, 3.8) is 0 Å². The molecule has 0 aliphatic carbocycles. The van der Waals surface area contributed by atoms with Crippen LogP contribution in [0.2, 0.25) is 0 Å². The van der Waals surface area contributed by atoms with Crippen molar-refractivity contribution in [3.05, 3.63) is 0 Å². The van der Waals surface area contributed by atoms with Gasteiger partial charge in [0.25, 0.3) is 0 Å². The second-order valence-corrected chi connectivity index (χ2v) is 1.17. The first kappa shape index (κ1) is 7.07. The van der Waals surface area contributed by atoms with Gasteiger partial charge in [0.15, 0.2) is 0 Å². The first-order valence-electron chi connectivity index (χ1n) is 1.62. The molecule has 0 aliphatic rings. The number of carboxylic acids is 1. The molecule has 0 aliphatic heterocycles. The van der Waals surface area contributed by atoms with Crippen LogP contribution in [0.25, 0.3) is 0 Å². The van der Waals surface area contributed by atoms with E-state index in [-0.39, 0.29) is 0 Å². The molecule has 8 heavy (non-hydrogen) atoms. The Bertz CT molecular complexity index is 198. The molecule has 0 bridgehead atoms. The normalized spacial score (nSPS) is 5.12. The van der Waals surface area contributed by atoms with Crippen LogP contribution < -0.4 is 0 Å². The standard InChI is InChI=1S/C5HBrO2/c6-4-2-1-3-5(7)8/h(H,7,8). The molecule has 0 radical (unpaired) electrons. The highest BCUT2D eigenvalue weighted by Crippen LogP contribution is 1.65. The Morgan fingerprint density at radius 1 is 1.50 bits per heavy atom. The third-order valence-electron chi connectivity index (χ3n) is 0.279. The third-order valence-corrected chi connectivity index (χ3v) is 0.477. The molecule has 1 N–H and O–H groups in total. The SMILES string of the molecule is O=C(O)C#CC#CBr. The zero-order valence-electron chi connectivity index (χ0n) is 3.73. The minimum Gasteiger partial charge on any atom is -0.472 e. The number of hydrogen-bond acceptors (Lipinski definition) is 1. The first-order valence-corrected chi connectivity index (χ1v) is 2.41. The fraction of sp³-hybridized carbons (Fsp3) is 0. The van der Waals surface area contributed by atoms with E-state index in [4.69, 9.17) is 5.11 Å². The quantitative estimate of drug-likeness (QED) is 0.539. The van der Waals surface area contributed by atoms with Crippen molar-refractivity contribution in [2.75, 3.05) is 0 Å². The molecule has 0 aromatic carbocycles. The van der Waals surface area contributed by atoms with E-state index in [0.29, 0.717) is 0 Å². The average molecular weight is 173 g/mol. The molecular formula is C5HBrO2. The minimum atomic E-state index is -1.17. The molecule has 0 fully saturated rings. The lowest BCUT2D eigenvalue weighted by atomic mass is 10.6. The molecule has 0 saturated heterocycles. The van der Waals surface area contributed by atoms with Crippen LogP contribution in [0.1, 0.15) is 0 Å². The zero-order chi connectivity index (χ0) is 6.41. The van der Waals surface area contributed by atoms with E-state index >= 15 is 0 Å². The summed E-state index contributed by atoms with van der Waals surface area (Å²) in [5.41, 5.74) is 0. The summed E-state index contributed by atoms with van der Waals surface area (Å²) in [5.74, 6) is 4.92. The van der Waals surface area contributed by atoms with Gasteiger partial charge in [-0.25, -0.2) is 4.79 Å². The molecular weight excluding hydrogens is 172 g/mol. The lowest BCUT2D eigenvalue weighted by molar-refractivity contribution is -0.130. The van der Waals surface area contributed by atoms with Gasteiger partial charge in [0, 0.05) is 21.9 Å². The molecule has 0 atom stereocenters. The fourth-order valence-electron chi connectivity index (χ4n) is 0.108. The van der Waals surface area contributed by atoms with Crippen LogP contribution in [-0.2, 0) is 4.79 Å². The molecule has 0 aromatic rings. The summed E-state index contributed by atoms with van der Waals surface area (Å²) in [4.78, 5) is 11.9. The Morgan fingerprint density at radius 2 is 2.12 bits per heavy atom. The lowest BCUT2D eigenvalue weighted by Crippen LogP contribution is -1.85. The lowest BCUT2D eigenvalue weighted by Gasteiger charge is -1.63. The summed E-state index contributed by atoms with van der Waals surface area (Å²) >= 11 is 2.74. The molecule has 0 heterocycles. The van der Waals surface area contributed by atoms with Crippen LogP contribution in [0.5, 0.6) is 0 Å². The van der Waals surface area contributed by atoms with Gasteiger partial charge >= 0.3 is 5.97 Å². The minimum absolute atomic E-state index is 1.17. The maximum atomic E-state index is 9.62. The monoisotopic (exact) mass is 172 g/mol. The van der Waals surface area contributed by atoms with Gasteiger partial charge in [-0.3, -0.25) is 0 Å². The van der Waals surface area contributed by atoms with Gasteiger partial charge in [-0.15, -0.1) is 0 Å². The summed E-state index contributed by atoms with van der Waals surface area (Å²) in [7, 11) is 0. The average Bonchev–Trinajstić information content (AvgIpc) is 1.66. The Balaban J connectivity index is 3.81. The summed E-state index contributed by atoms with van der Waals surface area (Å²) in [6, 6.07) is 0. The second kappa shape index (κ2) is 4.23. The van der Waals surface area contributed by atoms with Crippen molar-refractivity contribution in [1.29, 1.82) is 0 Å². The van der Waals surface area contributed by atoms with Crippen LogP contribution in [0.4, 0.5) is 0 Å². The van der Waals surface area contributed by atoms with Crippen molar-refractivity contribution in [1.82, 2.24) is 0 Å². The highest BCUT2D eigenvalue weighted by molar-refractivity contribution is 9.12. The number of rotatable bonds is 0. The highest BCUT2D eigenvalue weighted by Gasteiger charge is 1.77. The van der Waals surface area contributed by atoms with Crippen LogP contribution >= 0.6 is 15.9 Å². The van der Waals surface area contributed by atoms with E-state index in [1.807, 2.05) is 5.92 Å². The number of carbonyl (C=O) groups is 1. The summed E-state index contributed by atoms with van der Waals surface area (Å²) in [5, 5.41) is 7.88. The third kappa shape index (κ3) is 5.07. The molecule has 0 saturated carbocycles. The zero-order valence-corrected chi connectivity index (χ0v) is 5.32. The maximum Gasteiger partial charge on any atom is 0.382 e. The second-order valence-electron chi connectivity index (χ2n) is 0.775. The summed E-state index contributed by atoms with van der Waals surface area (Å²) in [6.07, 6.45) is 0. The van der Waals surface area contributed by atoms with Gasteiger partial charge in [-0.1, -0.05) is 0 Å². The molecule has 40 valence electrons. The molecule has 0 rings (SSSR count). The van der Waals surface area contributed by atoms with Crippen LogP contribution in [0, 0.1) is 22.6 Å². The van der Waals surface area contributed by atoms with Gasteiger partial charge in [-0.2, -0.15) is 0 Å². The molecule has 0 aromatic heterocycles. The van der Waals surface area contributed by atoms with E-state index < -0.39 is 5.97 Å². The van der Waals surface area contributed by atoms with Gasteiger partial charge in [0.1, 0.15) is 0 Å². The predicted octanol–water partition coefficient (Wildman–Crippen LogP) is 0.430. The van der Waals surface area contributed by atoms with Crippen molar-refractivity contribution < 1.29 is 9.90 Å². The first-order chi connectivity index (χ1) is 3.77. The fourth-order valence-corrected chi connectivity index (χ4v) is 0.207. The number of halogens is 1. The van der Waals surface area contributed by atoms with E-state index in [0.717, 1.165) is 0 Å². The molecule has 0 spiro atoms. The van der Waals surface area contributed by atoms with Crippen LogP contribution in [0.3, 0.4) is 0 Å². The van der Waals surface area contributed by atoms with Crippen molar-refractivity contribution >= 4 is 21.9 Å². The number of aliphatic carboxylic acids is 1. The number of carboxylic acid groups (broad SMARTS) is 1. The Labute approximate surface area is 55.0 Å². The molecule has 0 unspecified atom stereocenters. The molecule has 0 amide bonds. The van der Waals surface area contributed by atoms with E-state index in [1.165, 1.54) is 0 Å². The maximum absolute atomic E-state index is 9.62. The van der Waals surface area contributed by atoms with Crippen molar-refractivity contribution in [2.45, 2.75) is 0 Å². The Morgan fingerprint density at radius 3 is 2.50 bits per heavy atom. The largest absolute Gasteiger partial charge is 0.472 e. The Hall–Kier alpha value is -0.930. The topological polar surface area (TPSA) is 37.3 Å². The molecule has 3 heteroatoms. The summed E-state index contributed by atoms with van der Waals surface area (Å²) in [6.45, 7) is 0. The van der Waals surface area contributed by atoms with Gasteiger partial charge in [0.2, 0.25) is 0 Å². The van der Waals surface area contributed by atoms with Gasteiger partial charge < -0.3 is 5.11 Å². The van der Waals surface area contributed by atoms with Crippen molar-refractivity contribution in [3.8, 4) is 22.6 Å². The van der Waals surface area contributed by atoms with E-state index in [1.54, 1.807) is 0 Å². The van der Waals surface area contributed by atoms with Crippen LogP contribution in [0.15, 0.2) is 0 Å². The summed E-state index contributed by atoms with van der Waals surface area (Å²) < 4.78 is 0. The van der Waals surface area contributed by atoms with E-state index in [2.05, 4.69) is 32.6 Å². The van der Waals surface area contributed by atoms with Crippen LogP contribution in [-0.4, -0.2) is 11.1 Å². The van der Waals surface area contributed by atoms with Gasteiger partial charge in [0.05, 0.1) is 0 Å².